The Morgan fingerprint density at radius 1 is 1.04 bits per heavy atom. The highest BCUT2D eigenvalue weighted by molar-refractivity contribution is 5.82. The van der Waals surface area contributed by atoms with Crippen molar-refractivity contribution in [2.24, 2.45) is 5.41 Å². The maximum Gasteiger partial charge on any atom is 0.416 e. The number of benzene rings is 1. The van der Waals surface area contributed by atoms with Gasteiger partial charge in [-0.05, 0) is 49.7 Å². The second-order valence-electron chi connectivity index (χ2n) is 6.41. The average molecular weight is 368 g/mol. The van der Waals surface area contributed by atoms with Crippen molar-refractivity contribution in [3.63, 3.8) is 0 Å². The SMILES string of the molecule is CC1(C(=O)NCc2cc(C(F)(F)F)cc(C(F)(F)F)c2)CCNCC1. The molecule has 0 radical (unpaired) electrons. The number of halogens is 6. The van der Waals surface area contributed by atoms with Crippen LogP contribution in [0.15, 0.2) is 18.2 Å². The molecule has 1 heterocycles. The summed E-state index contributed by atoms with van der Waals surface area (Å²) in [5, 5.41) is 5.55. The zero-order chi connectivity index (χ0) is 18.9. The first-order valence-electron chi connectivity index (χ1n) is 7.69. The van der Waals surface area contributed by atoms with E-state index in [1.54, 1.807) is 6.92 Å². The van der Waals surface area contributed by atoms with Crippen molar-refractivity contribution in [1.82, 2.24) is 10.6 Å². The van der Waals surface area contributed by atoms with Crippen molar-refractivity contribution in [3.05, 3.63) is 34.9 Å². The number of amides is 1. The molecule has 140 valence electrons. The molecule has 1 aliphatic heterocycles. The predicted octanol–water partition coefficient (Wildman–Crippen LogP) is 3.73. The van der Waals surface area contributed by atoms with E-state index in [0.29, 0.717) is 38.1 Å². The summed E-state index contributed by atoms with van der Waals surface area (Å²) < 4.78 is 77.0. The lowest BCUT2D eigenvalue weighted by molar-refractivity contribution is -0.143. The van der Waals surface area contributed by atoms with Crippen LogP contribution in [0, 0.1) is 5.41 Å². The molecule has 0 unspecified atom stereocenters. The maximum atomic E-state index is 12.8. The second-order valence-corrected chi connectivity index (χ2v) is 6.41. The van der Waals surface area contributed by atoms with Gasteiger partial charge in [0.2, 0.25) is 5.91 Å². The number of piperidine rings is 1. The molecule has 0 spiro atoms. The Bertz CT molecular complexity index is 600. The van der Waals surface area contributed by atoms with Crippen LogP contribution in [0.25, 0.3) is 0 Å². The Morgan fingerprint density at radius 3 is 1.96 bits per heavy atom. The van der Waals surface area contributed by atoms with E-state index in [1.165, 1.54) is 0 Å². The van der Waals surface area contributed by atoms with Gasteiger partial charge in [0.05, 0.1) is 11.1 Å². The third kappa shape index (κ3) is 4.87. The molecule has 0 aliphatic carbocycles. The van der Waals surface area contributed by atoms with Gasteiger partial charge in [-0.2, -0.15) is 26.3 Å². The summed E-state index contributed by atoms with van der Waals surface area (Å²) in [6.45, 7) is 2.60. The zero-order valence-corrected chi connectivity index (χ0v) is 13.4. The highest BCUT2D eigenvalue weighted by Gasteiger charge is 2.37. The van der Waals surface area contributed by atoms with Gasteiger partial charge >= 0.3 is 12.4 Å². The van der Waals surface area contributed by atoms with Crippen LogP contribution < -0.4 is 10.6 Å². The largest absolute Gasteiger partial charge is 0.416 e. The fourth-order valence-corrected chi connectivity index (χ4v) is 2.72. The van der Waals surface area contributed by atoms with E-state index in [0.717, 1.165) is 0 Å². The van der Waals surface area contributed by atoms with Gasteiger partial charge in [0, 0.05) is 12.0 Å². The second kappa shape index (κ2) is 6.86. The van der Waals surface area contributed by atoms with Crippen LogP contribution in [0.3, 0.4) is 0 Å². The summed E-state index contributed by atoms with van der Waals surface area (Å²) in [6.07, 6.45) is -8.70. The molecule has 0 saturated carbocycles. The number of carbonyl (C=O) groups is 1. The molecule has 2 N–H and O–H groups in total. The van der Waals surface area contributed by atoms with Crippen LogP contribution in [-0.2, 0) is 23.7 Å². The van der Waals surface area contributed by atoms with Gasteiger partial charge in [-0.15, -0.1) is 0 Å². The van der Waals surface area contributed by atoms with Gasteiger partial charge in [0.1, 0.15) is 0 Å². The van der Waals surface area contributed by atoms with Crippen LogP contribution in [0.2, 0.25) is 0 Å². The van der Waals surface area contributed by atoms with Crippen molar-refractivity contribution in [3.8, 4) is 0 Å². The van der Waals surface area contributed by atoms with E-state index in [9.17, 15) is 31.1 Å². The highest BCUT2D eigenvalue weighted by Crippen LogP contribution is 2.36. The number of hydrogen-bond donors (Lipinski definition) is 2. The predicted molar refractivity (Wildman–Crippen MR) is 78.5 cm³/mol. The molecule has 3 nitrogen and oxygen atoms in total. The van der Waals surface area contributed by atoms with Crippen LogP contribution >= 0.6 is 0 Å². The van der Waals surface area contributed by atoms with Gasteiger partial charge in [-0.3, -0.25) is 4.79 Å². The fraction of sp³-hybridized carbons (Fsp3) is 0.562. The monoisotopic (exact) mass is 368 g/mol. The van der Waals surface area contributed by atoms with E-state index < -0.39 is 35.4 Å². The molecule has 1 saturated heterocycles. The summed E-state index contributed by atoms with van der Waals surface area (Å²) >= 11 is 0. The molecule has 0 aromatic heterocycles. The fourth-order valence-electron chi connectivity index (χ4n) is 2.72. The number of carbonyl (C=O) groups excluding carboxylic acids is 1. The van der Waals surface area contributed by atoms with Crippen LogP contribution in [0.1, 0.15) is 36.5 Å². The lowest BCUT2D eigenvalue weighted by Gasteiger charge is -2.32. The molecular weight excluding hydrogens is 350 g/mol. The number of nitrogens with one attached hydrogen (secondary N) is 2. The van der Waals surface area contributed by atoms with E-state index in [1.807, 2.05) is 0 Å². The van der Waals surface area contributed by atoms with Gasteiger partial charge in [-0.1, -0.05) is 6.92 Å². The Hall–Kier alpha value is -1.77. The van der Waals surface area contributed by atoms with Crippen molar-refractivity contribution in [2.45, 2.75) is 38.7 Å². The van der Waals surface area contributed by atoms with Gasteiger partial charge in [0.25, 0.3) is 0 Å². The van der Waals surface area contributed by atoms with Crippen LogP contribution in [0.5, 0.6) is 0 Å². The molecule has 0 bridgehead atoms. The lowest BCUT2D eigenvalue weighted by atomic mass is 9.80. The van der Waals surface area contributed by atoms with Crippen molar-refractivity contribution in [2.75, 3.05) is 13.1 Å². The summed E-state index contributed by atoms with van der Waals surface area (Å²) in [5.41, 5.74) is -3.70. The summed E-state index contributed by atoms with van der Waals surface area (Å²) in [7, 11) is 0. The normalized spacial score (nSPS) is 18.0. The quantitative estimate of drug-likeness (QED) is 0.799. The van der Waals surface area contributed by atoms with Gasteiger partial charge in [0.15, 0.2) is 0 Å². The summed E-state index contributed by atoms with van der Waals surface area (Å²) in [6, 6.07) is 1.32. The smallest absolute Gasteiger partial charge is 0.352 e. The maximum absolute atomic E-state index is 12.8. The van der Waals surface area contributed by atoms with E-state index in [-0.39, 0.29) is 17.5 Å². The van der Waals surface area contributed by atoms with Crippen LogP contribution in [-0.4, -0.2) is 19.0 Å². The Morgan fingerprint density at radius 2 is 1.52 bits per heavy atom. The van der Waals surface area contributed by atoms with E-state index in [2.05, 4.69) is 10.6 Å². The molecule has 1 fully saturated rings. The first kappa shape index (κ1) is 19.6. The topological polar surface area (TPSA) is 41.1 Å². The van der Waals surface area contributed by atoms with Crippen molar-refractivity contribution in [1.29, 1.82) is 0 Å². The Labute approximate surface area is 140 Å². The highest BCUT2D eigenvalue weighted by atomic mass is 19.4. The van der Waals surface area contributed by atoms with Gasteiger partial charge < -0.3 is 10.6 Å². The van der Waals surface area contributed by atoms with Crippen LogP contribution in [0.4, 0.5) is 26.3 Å². The van der Waals surface area contributed by atoms with Gasteiger partial charge in [-0.25, -0.2) is 0 Å². The number of hydrogen-bond acceptors (Lipinski definition) is 2. The molecule has 1 amide bonds. The van der Waals surface area contributed by atoms with E-state index >= 15 is 0 Å². The molecule has 0 atom stereocenters. The molecule has 25 heavy (non-hydrogen) atoms. The minimum Gasteiger partial charge on any atom is -0.352 e. The zero-order valence-electron chi connectivity index (χ0n) is 13.4. The summed E-state index contributed by atoms with van der Waals surface area (Å²) in [4.78, 5) is 12.3. The molecule has 1 aliphatic rings. The molecule has 1 aromatic carbocycles. The molecule has 2 rings (SSSR count). The first-order chi connectivity index (χ1) is 11.4. The third-order valence-electron chi connectivity index (χ3n) is 4.36. The molecule has 9 heteroatoms. The molecule has 1 aromatic rings. The van der Waals surface area contributed by atoms with Crippen molar-refractivity contribution >= 4 is 5.91 Å². The minimum atomic E-state index is -4.90. The summed E-state index contributed by atoms with van der Waals surface area (Å²) in [5.74, 6) is -0.375. The average Bonchev–Trinajstić information content (AvgIpc) is 2.51. The first-order valence-corrected chi connectivity index (χ1v) is 7.69. The van der Waals surface area contributed by atoms with Crippen molar-refractivity contribution < 1.29 is 31.1 Å². The molecular formula is C16H18F6N2O. The lowest BCUT2D eigenvalue weighted by Crippen LogP contribution is -2.45. The Balaban J connectivity index is 2.19. The number of alkyl halides is 6. The van der Waals surface area contributed by atoms with E-state index in [4.69, 9.17) is 0 Å². The standard InChI is InChI=1S/C16H18F6N2O/c1-14(2-4-23-5-3-14)13(25)24-9-10-6-11(15(17,18)19)8-12(7-10)16(20,21)22/h6-8,23H,2-5,9H2,1H3,(H,24,25). The number of rotatable bonds is 3. The third-order valence-corrected chi connectivity index (χ3v) is 4.36. The minimum absolute atomic E-state index is 0.0689. The Kier molecular flexibility index (Phi) is 5.36.